The molecule has 4 fully saturated rings. The number of thiophene rings is 1. The number of urea groups is 1. The molecule has 2 aromatic heterocycles. The fourth-order valence-electron chi connectivity index (χ4n) is 7.33. The van der Waals surface area contributed by atoms with Gasteiger partial charge in [0, 0.05) is 10.4 Å². The van der Waals surface area contributed by atoms with Crippen LogP contribution in [-0.4, -0.2) is 27.0 Å². The Morgan fingerprint density at radius 1 is 1.06 bits per heavy atom. The first kappa shape index (κ1) is 20.4. The summed E-state index contributed by atoms with van der Waals surface area (Å²) >= 11 is 1.61. The van der Waals surface area contributed by atoms with Crippen molar-refractivity contribution in [2.75, 3.05) is 0 Å². The van der Waals surface area contributed by atoms with E-state index in [9.17, 15) is 14.4 Å². The molecule has 0 unspecified atom stereocenters. The number of aryl methyl sites for hydroxylation is 2. The lowest BCUT2D eigenvalue weighted by Gasteiger charge is -2.56. The second kappa shape index (κ2) is 7.68. The number of carbonyl (C=O) groups excluding carboxylic acids is 2. The van der Waals surface area contributed by atoms with E-state index >= 15 is 0 Å². The van der Waals surface area contributed by atoms with Crippen molar-refractivity contribution in [2.45, 2.75) is 82.7 Å². The summed E-state index contributed by atoms with van der Waals surface area (Å²) in [5.74, 6) is 1.68. The summed E-state index contributed by atoms with van der Waals surface area (Å²) in [5.41, 5.74) is 0.797. The number of fused-ring (bicyclic) bond motifs is 3. The number of nitrogens with one attached hydrogen (secondary N) is 2. The van der Waals surface area contributed by atoms with Crippen molar-refractivity contribution in [1.29, 1.82) is 0 Å². The van der Waals surface area contributed by atoms with Crippen LogP contribution < -0.4 is 16.2 Å². The van der Waals surface area contributed by atoms with Gasteiger partial charge in [-0.05, 0) is 87.5 Å². The van der Waals surface area contributed by atoms with Crippen molar-refractivity contribution in [3.05, 3.63) is 27.1 Å². The fourth-order valence-corrected chi connectivity index (χ4v) is 8.55. The SMILES string of the molecule is O=C(Cn1cnc2sc3c(c2c1=O)CCCCC3)NC(=O)NC12CC3CC(CC(C3)C1)C2. The van der Waals surface area contributed by atoms with Crippen LogP contribution in [0, 0.1) is 17.8 Å². The Kier molecular flexibility index (Phi) is 4.89. The largest absolute Gasteiger partial charge is 0.332 e. The smallest absolute Gasteiger partial charge is 0.321 e. The number of aromatic nitrogens is 2. The predicted octanol–water partition coefficient (Wildman–Crippen LogP) is 3.52. The molecule has 32 heavy (non-hydrogen) atoms. The first-order chi connectivity index (χ1) is 15.5. The predicted molar refractivity (Wildman–Crippen MR) is 123 cm³/mol. The van der Waals surface area contributed by atoms with Gasteiger partial charge in [0.15, 0.2) is 0 Å². The third kappa shape index (κ3) is 3.56. The minimum Gasteiger partial charge on any atom is -0.332 e. The van der Waals surface area contributed by atoms with Crippen LogP contribution in [0.15, 0.2) is 11.1 Å². The van der Waals surface area contributed by atoms with Gasteiger partial charge in [-0.2, -0.15) is 0 Å². The highest BCUT2D eigenvalue weighted by atomic mass is 32.1. The Bertz CT molecular complexity index is 1110. The van der Waals surface area contributed by atoms with Crippen LogP contribution >= 0.6 is 11.3 Å². The van der Waals surface area contributed by atoms with Crippen LogP contribution in [0.4, 0.5) is 4.79 Å². The summed E-state index contributed by atoms with van der Waals surface area (Å²) < 4.78 is 1.34. The zero-order chi connectivity index (χ0) is 21.9. The monoisotopic (exact) mass is 454 g/mol. The van der Waals surface area contributed by atoms with Crippen LogP contribution in [0.25, 0.3) is 10.2 Å². The maximum Gasteiger partial charge on any atom is 0.321 e. The Morgan fingerprint density at radius 2 is 1.75 bits per heavy atom. The van der Waals surface area contributed by atoms with E-state index in [-0.39, 0.29) is 17.6 Å². The molecule has 0 aliphatic heterocycles. The third-order valence-corrected chi connectivity index (χ3v) is 9.38. The van der Waals surface area contributed by atoms with Gasteiger partial charge in [-0.3, -0.25) is 19.5 Å². The number of hydrogen-bond acceptors (Lipinski definition) is 5. The zero-order valence-electron chi connectivity index (χ0n) is 18.3. The Balaban J connectivity index is 1.15. The first-order valence-corrected chi connectivity index (χ1v) is 12.9. The highest BCUT2D eigenvalue weighted by molar-refractivity contribution is 7.18. The van der Waals surface area contributed by atoms with E-state index in [0.29, 0.717) is 5.39 Å². The van der Waals surface area contributed by atoms with Gasteiger partial charge < -0.3 is 5.32 Å². The lowest BCUT2D eigenvalue weighted by Crippen LogP contribution is -2.62. The van der Waals surface area contributed by atoms with Gasteiger partial charge >= 0.3 is 6.03 Å². The van der Waals surface area contributed by atoms with Gasteiger partial charge in [0.2, 0.25) is 5.91 Å². The summed E-state index contributed by atoms with van der Waals surface area (Å²) in [5, 5.41) is 6.29. The van der Waals surface area contributed by atoms with Gasteiger partial charge in [0.1, 0.15) is 11.4 Å². The summed E-state index contributed by atoms with van der Waals surface area (Å²) in [7, 11) is 0. The summed E-state index contributed by atoms with van der Waals surface area (Å²) in [6, 6.07) is -0.427. The molecule has 170 valence electrons. The first-order valence-electron chi connectivity index (χ1n) is 12.1. The molecule has 2 N–H and O–H groups in total. The average Bonchev–Trinajstić information content (AvgIpc) is 2.90. The van der Waals surface area contributed by atoms with E-state index in [1.165, 1.54) is 41.5 Å². The molecule has 0 radical (unpaired) electrons. The van der Waals surface area contributed by atoms with E-state index in [2.05, 4.69) is 15.6 Å². The standard InChI is InChI=1S/C24H30N4O3S/c29-19(26-23(31)27-24-9-14-6-15(10-24)8-16(7-14)11-24)12-28-13-25-21-20(22(28)30)17-4-2-1-3-5-18(17)32-21/h13-16H,1-12H2,(H2,26,27,29,31). The molecule has 5 aliphatic carbocycles. The number of rotatable bonds is 3. The van der Waals surface area contributed by atoms with Crippen LogP contribution in [0.3, 0.4) is 0 Å². The van der Waals surface area contributed by atoms with Crippen molar-refractivity contribution < 1.29 is 9.59 Å². The van der Waals surface area contributed by atoms with Crippen molar-refractivity contribution in [3.63, 3.8) is 0 Å². The number of nitrogens with zero attached hydrogens (tertiary/aromatic N) is 2. The normalized spacial score (nSPS) is 30.7. The minimum atomic E-state index is -0.475. The summed E-state index contributed by atoms with van der Waals surface area (Å²) in [4.78, 5) is 44.9. The van der Waals surface area contributed by atoms with Crippen LogP contribution in [0.1, 0.15) is 68.2 Å². The molecule has 0 saturated heterocycles. The molecule has 7 rings (SSSR count). The Labute approximate surface area is 191 Å². The topological polar surface area (TPSA) is 93.1 Å². The maximum absolute atomic E-state index is 13.1. The Hall–Kier alpha value is -2.22. The van der Waals surface area contributed by atoms with E-state index in [1.807, 2.05) is 0 Å². The molecule has 0 spiro atoms. The second-order valence-electron chi connectivity index (χ2n) is 10.6. The molecule has 2 heterocycles. The van der Waals surface area contributed by atoms with Gasteiger partial charge in [-0.1, -0.05) is 6.42 Å². The van der Waals surface area contributed by atoms with Crippen molar-refractivity contribution >= 4 is 33.5 Å². The molecule has 7 nitrogen and oxygen atoms in total. The molecule has 0 atom stereocenters. The molecule has 2 aromatic rings. The number of amides is 3. The van der Waals surface area contributed by atoms with Crippen LogP contribution in [-0.2, 0) is 24.2 Å². The third-order valence-electron chi connectivity index (χ3n) is 8.18. The lowest BCUT2D eigenvalue weighted by molar-refractivity contribution is -0.120. The van der Waals surface area contributed by atoms with Crippen molar-refractivity contribution in [2.24, 2.45) is 17.8 Å². The van der Waals surface area contributed by atoms with E-state index in [0.717, 1.165) is 73.1 Å². The minimum absolute atomic E-state index is 0.148. The lowest BCUT2D eigenvalue weighted by atomic mass is 9.53. The zero-order valence-corrected chi connectivity index (χ0v) is 19.1. The van der Waals surface area contributed by atoms with E-state index in [1.54, 1.807) is 11.3 Å². The van der Waals surface area contributed by atoms with Gasteiger partial charge in [-0.15, -0.1) is 11.3 Å². The quantitative estimate of drug-likeness (QED) is 0.694. The van der Waals surface area contributed by atoms with Gasteiger partial charge in [-0.25, -0.2) is 9.78 Å². The van der Waals surface area contributed by atoms with Gasteiger partial charge in [0.25, 0.3) is 5.56 Å². The van der Waals surface area contributed by atoms with Crippen LogP contribution in [0.2, 0.25) is 0 Å². The maximum atomic E-state index is 13.1. The average molecular weight is 455 g/mol. The van der Waals surface area contributed by atoms with Crippen molar-refractivity contribution in [1.82, 2.24) is 20.2 Å². The second-order valence-corrected chi connectivity index (χ2v) is 11.7. The van der Waals surface area contributed by atoms with Crippen molar-refractivity contribution in [3.8, 4) is 0 Å². The highest BCUT2D eigenvalue weighted by Gasteiger charge is 2.51. The number of imide groups is 1. The van der Waals surface area contributed by atoms with Gasteiger partial charge in [0.05, 0.1) is 11.7 Å². The number of carbonyl (C=O) groups is 2. The molecule has 4 bridgehead atoms. The molecular formula is C24H30N4O3S. The molecule has 3 amide bonds. The van der Waals surface area contributed by atoms with Crippen LogP contribution in [0.5, 0.6) is 0 Å². The molecular weight excluding hydrogens is 424 g/mol. The number of hydrogen-bond donors (Lipinski definition) is 2. The van der Waals surface area contributed by atoms with E-state index in [4.69, 9.17) is 0 Å². The Morgan fingerprint density at radius 3 is 2.47 bits per heavy atom. The highest BCUT2D eigenvalue weighted by Crippen LogP contribution is 2.55. The molecule has 8 heteroatoms. The molecule has 0 aromatic carbocycles. The summed E-state index contributed by atoms with van der Waals surface area (Å²) in [6.45, 7) is -0.194. The fraction of sp³-hybridized carbons (Fsp3) is 0.667. The molecule has 4 saturated carbocycles. The molecule has 5 aliphatic rings. The summed E-state index contributed by atoms with van der Waals surface area (Å²) in [6.07, 6.45) is 13.7. The van der Waals surface area contributed by atoms with E-state index < -0.39 is 11.9 Å².